The molecule has 2 rings (SSSR count). The van der Waals surface area contributed by atoms with E-state index in [1.54, 1.807) is 0 Å². The van der Waals surface area contributed by atoms with Crippen LogP contribution in [0.1, 0.15) is 26.7 Å². The van der Waals surface area contributed by atoms with Gasteiger partial charge in [0, 0.05) is 10.6 Å². The Morgan fingerprint density at radius 1 is 1.33 bits per heavy atom. The Hall–Kier alpha value is -0.670. The largest absolute Gasteiger partial charge is 0.491 e. The Bertz CT molecular complexity index is 344. The molecule has 1 fully saturated rings. The molecule has 0 aromatic heterocycles. The third-order valence-corrected chi connectivity index (χ3v) is 4.32. The van der Waals surface area contributed by atoms with E-state index >= 15 is 0 Å². The molecule has 1 aromatic carbocycles. The summed E-state index contributed by atoms with van der Waals surface area (Å²) >= 11 is 1.96. The standard InChI is InChI=1S/C15H23NOS/c1-12(2)17-14-5-7-15(8-6-14)18-11-13-4-3-9-16-10-13/h5-8,12-13,16H,3-4,9-11H2,1-2H3. The first-order valence-corrected chi connectivity index (χ1v) is 7.83. The molecular weight excluding hydrogens is 242 g/mol. The van der Waals surface area contributed by atoms with Crippen molar-refractivity contribution in [3.05, 3.63) is 24.3 Å². The van der Waals surface area contributed by atoms with Crippen LogP contribution in [0.5, 0.6) is 5.75 Å². The van der Waals surface area contributed by atoms with Gasteiger partial charge in [-0.3, -0.25) is 0 Å². The number of nitrogens with one attached hydrogen (secondary N) is 1. The zero-order chi connectivity index (χ0) is 12.8. The topological polar surface area (TPSA) is 21.3 Å². The molecular formula is C15H23NOS. The van der Waals surface area contributed by atoms with Crippen molar-refractivity contribution in [2.45, 2.75) is 37.7 Å². The number of piperidine rings is 1. The van der Waals surface area contributed by atoms with Crippen LogP contribution >= 0.6 is 11.8 Å². The van der Waals surface area contributed by atoms with Crippen LogP contribution in [-0.2, 0) is 0 Å². The van der Waals surface area contributed by atoms with Gasteiger partial charge in [-0.1, -0.05) is 0 Å². The van der Waals surface area contributed by atoms with E-state index in [-0.39, 0.29) is 6.10 Å². The molecule has 1 aliphatic rings. The van der Waals surface area contributed by atoms with Gasteiger partial charge in [-0.25, -0.2) is 0 Å². The normalized spacial score (nSPS) is 20.1. The first-order valence-electron chi connectivity index (χ1n) is 6.84. The average molecular weight is 265 g/mol. The lowest BCUT2D eigenvalue weighted by Crippen LogP contribution is -2.30. The van der Waals surface area contributed by atoms with Crippen molar-refractivity contribution >= 4 is 11.8 Å². The van der Waals surface area contributed by atoms with Gasteiger partial charge in [0.25, 0.3) is 0 Å². The van der Waals surface area contributed by atoms with E-state index in [1.165, 1.54) is 36.6 Å². The molecule has 0 saturated carbocycles. The predicted octanol–water partition coefficient (Wildman–Crippen LogP) is 3.57. The molecule has 3 heteroatoms. The van der Waals surface area contributed by atoms with Crippen molar-refractivity contribution in [1.82, 2.24) is 5.32 Å². The molecule has 0 aliphatic carbocycles. The second kappa shape index (κ2) is 7.05. The smallest absolute Gasteiger partial charge is 0.119 e. The van der Waals surface area contributed by atoms with Crippen LogP contribution in [0.4, 0.5) is 0 Å². The minimum Gasteiger partial charge on any atom is -0.491 e. The lowest BCUT2D eigenvalue weighted by atomic mass is 10.0. The van der Waals surface area contributed by atoms with Gasteiger partial charge in [0.2, 0.25) is 0 Å². The number of rotatable bonds is 5. The third-order valence-electron chi connectivity index (χ3n) is 3.08. The van der Waals surface area contributed by atoms with Crippen LogP contribution < -0.4 is 10.1 Å². The predicted molar refractivity (Wildman–Crippen MR) is 78.5 cm³/mol. The molecule has 1 aromatic rings. The highest BCUT2D eigenvalue weighted by molar-refractivity contribution is 7.99. The number of ether oxygens (including phenoxy) is 1. The van der Waals surface area contributed by atoms with Crippen molar-refractivity contribution in [2.75, 3.05) is 18.8 Å². The molecule has 2 nitrogen and oxygen atoms in total. The quantitative estimate of drug-likeness (QED) is 0.822. The first-order chi connectivity index (χ1) is 8.74. The fourth-order valence-corrected chi connectivity index (χ4v) is 3.21. The maximum Gasteiger partial charge on any atom is 0.119 e. The molecule has 1 unspecified atom stereocenters. The second-order valence-electron chi connectivity index (χ2n) is 5.16. The summed E-state index contributed by atoms with van der Waals surface area (Å²) in [6.07, 6.45) is 2.94. The molecule has 0 radical (unpaired) electrons. The van der Waals surface area contributed by atoms with E-state index in [9.17, 15) is 0 Å². The summed E-state index contributed by atoms with van der Waals surface area (Å²) < 4.78 is 5.64. The van der Waals surface area contributed by atoms with E-state index in [0.717, 1.165) is 11.7 Å². The average Bonchev–Trinajstić information content (AvgIpc) is 2.38. The van der Waals surface area contributed by atoms with Gasteiger partial charge in [0.1, 0.15) is 5.75 Å². The van der Waals surface area contributed by atoms with E-state index in [1.807, 2.05) is 11.8 Å². The Labute approximate surface area is 114 Å². The highest BCUT2D eigenvalue weighted by atomic mass is 32.2. The van der Waals surface area contributed by atoms with Gasteiger partial charge in [-0.15, -0.1) is 11.8 Å². The number of benzene rings is 1. The van der Waals surface area contributed by atoms with Crippen LogP contribution in [0.25, 0.3) is 0 Å². The zero-order valence-electron chi connectivity index (χ0n) is 11.3. The maximum absolute atomic E-state index is 5.64. The van der Waals surface area contributed by atoms with Crippen molar-refractivity contribution in [3.63, 3.8) is 0 Å². The highest BCUT2D eigenvalue weighted by Gasteiger charge is 2.12. The molecule has 18 heavy (non-hydrogen) atoms. The fraction of sp³-hybridized carbons (Fsp3) is 0.600. The molecule has 0 bridgehead atoms. The van der Waals surface area contributed by atoms with Crippen molar-refractivity contribution in [2.24, 2.45) is 5.92 Å². The Morgan fingerprint density at radius 2 is 2.11 bits per heavy atom. The van der Waals surface area contributed by atoms with Gasteiger partial charge in [-0.05, 0) is 70.0 Å². The van der Waals surface area contributed by atoms with Crippen LogP contribution in [0.3, 0.4) is 0 Å². The van der Waals surface area contributed by atoms with Gasteiger partial charge >= 0.3 is 0 Å². The summed E-state index contributed by atoms with van der Waals surface area (Å²) in [6, 6.07) is 8.47. The molecule has 1 saturated heterocycles. The SMILES string of the molecule is CC(C)Oc1ccc(SCC2CCCNC2)cc1. The summed E-state index contributed by atoms with van der Waals surface area (Å²) in [5.41, 5.74) is 0. The molecule has 0 spiro atoms. The zero-order valence-corrected chi connectivity index (χ0v) is 12.1. The van der Waals surface area contributed by atoms with Crippen molar-refractivity contribution in [1.29, 1.82) is 0 Å². The number of thioether (sulfide) groups is 1. The van der Waals surface area contributed by atoms with E-state index in [4.69, 9.17) is 4.74 Å². The molecule has 1 aliphatic heterocycles. The minimum absolute atomic E-state index is 0.247. The minimum atomic E-state index is 0.247. The van der Waals surface area contributed by atoms with Gasteiger partial charge in [-0.2, -0.15) is 0 Å². The summed E-state index contributed by atoms with van der Waals surface area (Å²) in [5.74, 6) is 3.02. The molecule has 1 atom stereocenters. The van der Waals surface area contributed by atoms with Gasteiger partial charge < -0.3 is 10.1 Å². The fourth-order valence-electron chi connectivity index (χ4n) is 2.17. The lowest BCUT2D eigenvalue weighted by molar-refractivity contribution is 0.242. The van der Waals surface area contributed by atoms with E-state index in [2.05, 4.69) is 43.4 Å². The van der Waals surface area contributed by atoms with Crippen molar-refractivity contribution in [3.8, 4) is 5.75 Å². The molecule has 100 valence electrons. The summed E-state index contributed by atoms with van der Waals surface area (Å²) in [7, 11) is 0. The first kappa shape index (κ1) is 13.8. The van der Waals surface area contributed by atoms with E-state index in [0.29, 0.717) is 0 Å². The van der Waals surface area contributed by atoms with Gasteiger partial charge in [0.05, 0.1) is 6.10 Å². The van der Waals surface area contributed by atoms with E-state index < -0.39 is 0 Å². The summed E-state index contributed by atoms with van der Waals surface area (Å²) in [6.45, 7) is 6.49. The monoisotopic (exact) mass is 265 g/mol. The second-order valence-corrected chi connectivity index (χ2v) is 6.25. The van der Waals surface area contributed by atoms with Crippen molar-refractivity contribution < 1.29 is 4.74 Å². The third kappa shape index (κ3) is 4.54. The summed E-state index contributed by atoms with van der Waals surface area (Å²) in [5, 5.41) is 3.47. The number of hydrogen-bond acceptors (Lipinski definition) is 3. The summed E-state index contributed by atoms with van der Waals surface area (Å²) in [4.78, 5) is 1.34. The van der Waals surface area contributed by atoms with Crippen LogP contribution in [0.2, 0.25) is 0 Å². The Kier molecular flexibility index (Phi) is 5.39. The molecule has 0 amide bonds. The van der Waals surface area contributed by atoms with Crippen LogP contribution in [0.15, 0.2) is 29.2 Å². The van der Waals surface area contributed by atoms with Crippen LogP contribution in [0, 0.1) is 5.92 Å². The maximum atomic E-state index is 5.64. The Balaban J connectivity index is 1.78. The molecule has 1 N–H and O–H groups in total. The van der Waals surface area contributed by atoms with Gasteiger partial charge in [0.15, 0.2) is 0 Å². The lowest BCUT2D eigenvalue weighted by Gasteiger charge is -2.22. The molecule has 1 heterocycles. The Morgan fingerprint density at radius 3 is 2.72 bits per heavy atom. The highest BCUT2D eigenvalue weighted by Crippen LogP contribution is 2.25. The van der Waals surface area contributed by atoms with Crippen LogP contribution in [-0.4, -0.2) is 24.9 Å². The number of hydrogen-bond donors (Lipinski definition) is 1.